The fourth-order valence-electron chi connectivity index (χ4n) is 5.44. The van der Waals surface area contributed by atoms with Crippen LogP contribution in [-0.2, 0) is 16.8 Å². The number of anilines is 3. The molecule has 2 aliphatic rings. The second-order valence-electron chi connectivity index (χ2n) is 10.3. The van der Waals surface area contributed by atoms with E-state index in [2.05, 4.69) is 53.8 Å². The van der Waals surface area contributed by atoms with Crippen LogP contribution in [0, 0.1) is 0 Å². The van der Waals surface area contributed by atoms with Gasteiger partial charge in [-0.2, -0.15) is 8.42 Å². The summed E-state index contributed by atoms with van der Waals surface area (Å²) in [6.45, 7) is 7.50. The van der Waals surface area contributed by atoms with Crippen LogP contribution in [-0.4, -0.2) is 92.0 Å². The Morgan fingerprint density at radius 1 is 1.07 bits per heavy atom. The standard InChI is InChI=1S/C25H39ClN10O3S/c1-2-19-16-35(24-22(26)32-21(23(28)33-24)25(37)30-9-10-31-40(29,38)39)13-14-36(19)20-7-11-34(12-8-20)15-17-3-5-18(27)6-4-17/h3-6,19-20,31H,2,7-16,27H2,1H3,(H2,28,33)(H,30,37)(H2,29,38,39)/t19-/m0/s1. The quantitative estimate of drug-likeness (QED) is 0.190. The van der Waals surface area contributed by atoms with Gasteiger partial charge in [0.2, 0.25) is 0 Å². The van der Waals surface area contributed by atoms with Crippen LogP contribution in [0.25, 0.3) is 0 Å². The van der Waals surface area contributed by atoms with Gasteiger partial charge in [-0.1, -0.05) is 30.7 Å². The first kappa shape index (κ1) is 30.2. The number of amides is 1. The number of nitrogens with two attached hydrogens (primary N) is 3. The fourth-order valence-corrected chi connectivity index (χ4v) is 6.07. The number of rotatable bonds is 10. The highest BCUT2D eigenvalue weighted by molar-refractivity contribution is 7.87. The Bertz CT molecular complexity index is 1270. The first-order valence-corrected chi connectivity index (χ1v) is 15.4. The molecule has 0 unspecified atom stereocenters. The largest absolute Gasteiger partial charge is 0.399 e. The van der Waals surface area contributed by atoms with Crippen molar-refractivity contribution in [1.29, 1.82) is 0 Å². The Hall–Kier alpha value is -2.75. The van der Waals surface area contributed by atoms with Gasteiger partial charge in [0, 0.05) is 57.0 Å². The number of nitrogens with zero attached hydrogens (tertiary/aromatic N) is 5. The third kappa shape index (κ3) is 7.92. The highest BCUT2D eigenvalue weighted by atomic mass is 35.5. The van der Waals surface area contributed by atoms with E-state index in [1.807, 2.05) is 12.1 Å². The van der Waals surface area contributed by atoms with E-state index in [9.17, 15) is 13.2 Å². The molecule has 2 fully saturated rings. The Morgan fingerprint density at radius 3 is 2.42 bits per heavy atom. The molecule has 2 saturated heterocycles. The molecule has 1 aromatic carbocycles. The van der Waals surface area contributed by atoms with Gasteiger partial charge in [0.1, 0.15) is 0 Å². The highest BCUT2D eigenvalue weighted by Crippen LogP contribution is 2.30. The molecule has 8 N–H and O–H groups in total. The second-order valence-corrected chi connectivity index (χ2v) is 12.0. The average Bonchev–Trinajstić information content (AvgIpc) is 2.93. The molecule has 2 aliphatic heterocycles. The maximum Gasteiger partial charge on any atom is 0.274 e. The van der Waals surface area contributed by atoms with Gasteiger partial charge in [-0.25, -0.2) is 19.8 Å². The van der Waals surface area contributed by atoms with Crippen LogP contribution in [0.1, 0.15) is 42.2 Å². The molecule has 0 spiro atoms. The number of carbonyl (C=O) groups is 1. The molecule has 15 heteroatoms. The molecule has 3 heterocycles. The van der Waals surface area contributed by atoms with E-state index in [1.165, 1.54) is 5.56 Å². The van der Waals surface area contributed by atoms with E-state index in [1.54, 1.807) is 0 Å². The van der Waals surface area contributed by atoms with Crippen LogP contribution in [0.4, 0.5) is 17.3 Å². The van der Waals surface area contributed by atoms with Crippen molar-refractivity contribution in [3.8, 4) is 0 Å². The van der Waals surface area contributed by atoms with Crippen LogP contribution >= 0.6 is 11.6 Å². The van der Waals surface area contributed by atoms with Crippen molar-refractivity contribution in [2.45, 2.75) is 44.8 Å². The summed E-state index contributed by atoms with van der Waals surface area (Å²) in [6, 6.07) is 8.97. The van der Waals surface area contributed by atoms with Crippen LogP contribution < -0.4 is 31.5 Å². The van der Waals surface area contributed by atoms with Crippen molar-refractivity contribution in [3.63, 3.8) is 0 Å². The minimum atomic E-state index is -3.84. The predicted octanol–water partition coefficient (Wildman–Crippen LogP) is 0.383. The van der Waals surface area contributed by atoms with Crippen molar-refractivity contribution < 1.29 is 13.2 Å². The summed E-state index contributed by atoms with van der Waals surface area (Å²) in [5.41, 5.74) is 13.9. The molecule has 2 aromatic rings. The third-order valence-electron chi connectivity index (χ3n) is 7.50. The molecular weight excluding hydrogens is 556 g/mol. The van der Waals surface area contributed by atoms with Crippen LogP contribution in [0.5, 0.6) is 0 Å². The van der Waals surface area contributed by atoms with Crippen molar-refractivity contribution in [3.05, 3.63) is 40.7 Å². The lowest BCUT2D eigenvalue weighted by atomic mass is 9.98. The van der Waals surface area contributed by atoms with Gasteiger partial charge in [-0.3, -0.25) is 14.6 Å². The van der Waals surface area contributed by atoms with Crippen LogP contribution in [0.2, 0.25) is 5.15 Å². The van der Waals surface area contributed by atoms with Gasteiger partial charge >= 0.3 is 0 Å². The number of nitrogens with one attached hydrogen (secondary N) is 2. The number of piperidine rings is 1. The molecule has 1 atom stereocenters. The summed E-state index contributed by atoms with van der Waals surface area (Å²) in [5, 5.41) is 7.50. The molecular formula is C25H39ClN10O3S. The minimum Gasteiger partial charge on any atom is -0.399 e. The van der Waals surface area contributed by atoms with Gasteiger partial charge in [0.05, 0.1) is 0 Å². The van der Waals surface area contributed by atoms with Gasteiger partial charge in [0.15, 0.2) is 22.5 Å². The van der Waals surface area contributed by atoms with E-state index in [0.717, 1.165) is 64.2 Å². The Kier molecular flexibility index (Phi) is 10.0. The zero-order chi connectivity index (χ0) is 28.9. The van der Waals surface area contributed by atoms with Crippen molar-refractivity contribution >= 4 is 45.0 Å². The summed E-state index contributed by atoms with van der Waals surface area (Å²) >= 11 is 6.48. The van der Waals surface area contributed by atoms with E-state index in [0.29, 0.717) is 17.9 Å². The molecule has 40 heavy (non-hydrogen) atoms. The first-order chi connectivity index (χ1) is 19.0. The number of likely N-dealkylation sites (tertiary alicyclic amines) is 1. The van der Waals surface area contributed by atoms with Crippen LogP contribution in [0.3, 0.4) is 0 Å². The van der Waals surface area contributed by atoms with Crippen molar-refractivity contribution in [1.82, 2.24) is 29.8 Å². The number of hydrogen-bond donors (Lipinski definition) is 5. The second kappa shape index (κ2) is 13.3. The molecule has 13 nitrogen and oxygen atoms in total. The van der Waals surface area contributed by atoms with Gasteiger partial charge < -0.3 is 21.7 Å². The molecule has 4 rings (SSSR count). The van der Waals surface area contributed by atoms with E-state index in [-0.39, 0.29) is 29.8 Å². The molecule has 220 valence electrons. The zero-order valence-corrected chi connectivity index (χ0v) is 24.3. The summed E-state index contributed by atoms with van der Waals surface area (Å²) in [7, 11) is -3.84. The minimum absolute atomic E-state index is 0.00377. The van der Waals surface area contributed by atoms with E-state index in [4.69, 9.17) is 28.2 Å². The number of carbonyl (C=O) groups excluding carboxylic acids is 1. The third-order valence-corrected chi connectivity index (χ3v) is 8.36. The maximum atomic E-state index is 12.5. The zero-order valence-electron chi connectivity index (χ0n) is 22.7. The SMILES string of the molecule is CC[C@H]1CN(c2nc(N)c(C(=O)NCCNS(N)(=O)=O)nc2Cl)CCN1C1CCN(Cc2ccc(N)cc2)CC1. The maximum absolute atomic E-state index is 12.5. The van der Waals surface area contributed by atoms with Crippen molar-refractivity contribution in [2.24, 2.45) is 5.14 Å². The number of benzene rings is 1. The number of hydrogen-bond acceptors (Lipinski definition) is 10. The van der Waals surface area contributed by atoms with Gasteiger partial charge in [0.25, 0.3) is 16.1 Å². The first-order valence-electron chi connectivity index (χ1n) is 13.5. The van der Waals surface area contributed by atoms with E-state index < -0.39 is 16.1 Å². The molecule has 0 aliphatic carbocycles. The molecule has 1 amide bonds. The van der Waals surface area contributed by atoms with Crippen LogP contribution in [0.15, 0.2) is 24.3 Å². The Balaban J connectivity index is 1.32. The molecule has 0 saturated carbocycles. The summed E-state index contributed by atoms with van der Waals surface area (Å²) < 4.78 is 24.0. The van der Waals surface area contributed by atoms with Gasteiger partial charge in [-0.05, 0) is 50.0 Å². The fraction of sp³-hybridized carbons (Fsp3) is 0.560. The van der Waals surface area contributed by atoms with E-state index >= 15 is 0 Å². The Labute approximate surface area is 240 Å². The number of piperazine rings is 1. The average molecular weight is 595 g/mol. The number of nitrogen functional groups attached to an aromatic ring is 2. The smallest absolute Gasteiger partial charge is 0.274 e. The molecule has 0 radical (unpaired) electrons. The summed E-state index contributed by atoms with van der Waals surface area (Å²) in [6.07, 6.45) is 3.22. The molecule has 1 aromatic heterocycles. The lowest BCUT2D eigenvalue weighted by Crippen LogP contribution is -2.58. The molecule has 0 bridgehead atoms. The number of aromatic nitrogens is 2. The summed E-state index contributed by atoms with van der Waals surface area (Å²) in [4.78, 5) is 28.4. The lowest BCUT2D eigenvalue weighted by Gasteiger charge is -2.47. The van der Waals surface area contributed by atoms with Gasteiger partial charge in [-0.15, -0.1) is 0 Å². The Morgan fingerprint density at radius 2 is 1.77 bits per heavy atom. The normalized spacial score (nSPS) is 19.6. The van der Waals surface area contributed by atoms with Crippen molar-refractivity contribution in [2.75, 3.05) is 62.2 Å². The predicted molar refractivity (Wildman–Crippen MR) is 157 cm³/mol. The topological polar surface area (TPSA) is 189 Å². The summed E-state index contributed by atoms with van der Waals surface area (Å²) in [5.74, 6) is -0.183. The monoisotopic (exact) mass is 594 g/mol. The lowest BCUT2D eigenvalue weighted by molar-refractivity contribution is 0.0610. The number of halogens is 1. The highest BCUT2D eigenvalue weighted by Gasteiger charge is 2.34.